The highest BCUT2D eigenvalue weighted by Gasteiger charge is 2.30. The Hall–Kier alpha value is -1.69. The minimum Gasteiger partial charge on any atom is -0.483 e. The zero-order valence-electron chi connectivity index (χ0n) is 14.9. The number of carbonyl (C=O) groups is 1. The monoisotopic (exact) mass is 343 g/mol. The fourth-order valence-electron chi connectivity index (χ4n) is 2.30. The van der Waals surface area contributed by atoms with Crippen LogP contribution in [0.1, 0.15) is 41.0 Å². The summed E-state index contributed by atoms with van der Waals surface area (Å²) in [6, 6.07) is 2.26. The van der Waals surface area contributed by atoms with Gasteiger partial charge in [-0.25, -0.2) is 8.78 Å². The number of carbonyl (C=O) groups excluding carboxylic acids is 1. The summed E-state index contributed by atoms with van der Waals surface area (Å²) >= 11 is 0. The lowest BCUT2D eigenvalue weighted by molar-refractivity contribution is -0.157. The molecule has 1 aromatic rings. The minimum atomic E-state index is -0.726. The fraction of sp³-hybridized carbons (Fsp3) is 0.611. The number of benzene rings is 1. The molecule has 0 aromatic heterocycles. The second-order valence-electron chi connectivity index (χ2n) is 6.45. The second-order valence-corrected chi connectivity index (χ2v) is 6.45. The van der Waals surface area contributed by atoms with E-state index in [1.165, 1.54) is 0 Å². The Morgan fingerprint density at radius 3 is 2.38 bits per heavy atom. The summed E-state index contributed by atoms with van der Waals surface area (Å²) in [5.74, 6) is -2.10. The Labute approximate surface area is 142 Å². The normalized spacial score (nSPS) is 16.4. The van der Waals surface area contributed by atoms with Crippen molar-refractivity contribution in [1.29, 1.82) is 0 Å². The van der Waals surface area contributed by atoms with E-state index in [2.05, 4.69) is 0 Å². The molecule has 0 radical (unpaired) electrons. The highest BCUT2D eigenvalue weighted by molar-refractivity contribution is 5.76. The highest BCUT2D eigenvalue weighted by Crippen LogP contribution is 2.24. The molecule has 1 rings (SSSR count). The van der Waals surface area contributed by atoms with Crippen molar-refractivity contribution in [2.24, 2.45) is 17.6 Å². The van der Waals surface area contributed by atoms with Crippen LogP contribution in [0, 0.1) is 23.5 Å². The van der Waals surface area contributed by atoms with Crippen molar-refractivity contribution in [3.05, 3.63) is 29.8 Å². The van der Waals surface area contributed by atoms with Crippen molar-refractivity contribution < 1.29 is 23.0 Å². The van der Waals surface area contributed by atoms with Crippen LogP contribution in [0.3, 0.4) is 0 Å². The Kier molecular flexibility index (Phi) is 7.60. The third-order valence-electron chi connectivity index (χ3n) is 4.11. The maximum absolute atomic E-state index is 13.8. The zero-order valence-corrected chi connectivity index (χ0v) is 14.9. The van der Waals surface area contributed by atoms with Crippen LogP contribution in [-0.4, -0.2) is 24.2 Å². The Morgan fingerprint density at radius 2 is 1.83 bits per heavy atom. The van der Waals surface area contributed by atoms with Gasteiger partial charge in [-0.1, -0.05) is 34.1 Å². The first kappa shape index (κ1) is 20.4. The molecule has 2 N–H and O–H groups in total. The fourth-order valence-corrected chi connectivity index (χ4v) is 2.30. The first-order valence-electron chi connectivity index (χ1n) is 8.25. The van der Waals surface area contributed by atoms with E-state index in [1.807, 2.05) is 27.7 Å². The Bertz CT molecular complexity index is 551. The summed E-state index contributed by atoms with van der Waals surface area (Å²) < 4.78 is 38.1. The highest BCUT2D eigenvalue weighted by atomic mass is 19.1. The summed E-state index contributed by atoms with van der Waals surface area (Å²) in [5.41, 5.74) is 5.87. The van der Waals surface area contributed by atoms with Gasteiger partial charge in [0.2, 0.25) is 0 Å². The topological polar surface area (TPSA) is 61.6 Å². The quantitative estimate of drug-likeness (QED) is 0.732. The third-order valence-corrected chi connectivity index (χ3v) is 4.11. The van der Waals surface area contributed by atoms with Gasteiger partial charge >= 0.3 is 5.97 Å². The number of rotatable bonds is 8. The van der Waals surface area contributed by atoms with Crippen LogP contribution in [0.5, 0.6) is 5.75 Å². The maximum atomic E-state index is 13.8. The molecule has 0 aliphatic carbocycles. The smallest absolute Gasteiger partial charge is 0.323 e. The molecule has 0 aliphatic rings. The Balaban J connectivity index is 2.84. The van der Waals surface area contributed by atoms with Crippen molar-refractivity contribution in [2.45, 2.75) is 59.3 Å². The second kappa shape index (κ2) is 8.97. The lowest BCUT2D eigenvalue weighted by Gasteiger charge is -2.29. The van der Waals surface area contributed by atoms with E-state index in [0.29, 0.717) is 0 Å². The summed E-state index contributed by atoms with van der Waals surface area (Å²) in [5, 5.41) is 0. The molecule has 0 spiro atoms. The Morgan fingerprint density at radius 1 is 1.21 bits per heavy atom. The molecule has 1 aromatic carbocycles. The number of hydrogen-bond donors (Lipinski definition) is 1. The van der Waals surface area contributed by atoms with Gasteiger partial charge in [0.1, 0.15) is 24.1 Å². The van der Waals surface area contributed by atoms with Crippen molar-refractivity contribution in [3.8, 4) is 5.75 Å². The largest absolute Gasteiger partial charge is 0.483 e. The minimum absolute atomic E-state index is 0.0104. The maximum Gasteiger partial charge on any atom is 0.323 e. The molecule has 0 aliphatic heterocycles. The number of ether oxygens (including phenoxy) is 2. The number of esters is 1. The van der Waals surface area contributed by atoms with Gasteiger partial charge < -0.3 is 15.2 Å². The molecule has 0 fully saturated rings. The number of hydrogen-bond acceptors (Lipinski definition) is 4. The van der Waals surface area contributed by atoms with E-state index in [1.54, 1.807) is 6.92 Å². The van der Waals surface area contributed by atoms with Crippen LogP contribution < -0.4 is 10.5 Å². The molecule has 4 nitrogen and oxygen atoms in total. The summed E-state index contributed by atoms with van der Waals surface area (Å²) in [4.78, 5) is 12.1. The molecule has 0 bridgehead atoms. The number of nitrogens with two attached hydrogens (primary N) is 1. The van der Waals surface area contributed by atoms with Gasteiger partial charge in [0.25, 0.3) is 0 Å². The van der Waals surface area contributed by atoms with Crippen LogP contribution >= 0.6 is 0 Å². The van der Waals surface area contributed by atoms with Gasteiger partial charge in [0.05, 0.1) is 0 Å². The third kappa shape index (κ3) is 5.44. The zero-order chi connectivity index (χ0) is 18.4. The summed E-state index contributed by atoms with van der Waals surface area (Å²) in [6.45, 7) is 9.16. The number of halogens is 2. The molecule has 0 amide bonds. The molecule has 6 heteroatoms. The molecule has 0 heterocycles. The van der Waals surface area contributed by atoms with Crippen molar-refractivity contribution in [3.63, 3.8) is 0 Å². The molecular formula is C18H27F2NO3. The molecule has 0 saturated carbocycles. The van der Waals surface area contributed by atoms with E-state index < -0.39 is 35.9 Å². The first-order valence-corrected chi connectivity index (χ1v) is 8.25. The predicted octanol–water partition coefficient (Wildman–Crippen LogP) is 3.67. The van der Waals surface area contributed by atoms with Crippen LogP contribution in [0.15, 0.2) is 18.2 Å². The van der Waals surface area contributed by atoms with Crippen molar-refractivity contribution >= 4 is 5.97 Å². The molecule has 0 unspecified atom stereocenters. The lowest BCUT2D eigenvalue weighted by Crippen LogP contribution is -2.44. The van der Waals surface area contributed by atoms with Gasteiger partial charge in [-0.2, -0.15) is 0 Å². The van der Waals surface area contributed by atoms with Crippen LogP contribution in [0.25, 0.3) is 0 Å². The van der Waals surface area contributed by atoms with Gasteiger partial charge in [-0.3, -0.25) is 4.79 Å². The molecular weight excluding hydrogens is 316 g/mol. The lowest BCUT2D eigenvalue weighted by atomic mass is 9.99. The van der Waals surface area contributed by atoms with Crippen LogP contribution in [0.4, 0.5) is 8.78 Å². The van der Waals surface area contributed by atoms with E-state index in [4.69, 9.17) is 15.2 Å². The van der Waals surface area contributed by atoms with Crippen molar-refractivity contribution in [1.82, 2.24) is 0 Å². The van der Waals surface area contributed by atoms with Crippen LogP contribution in [-0.2, 0) is 9.53 Å². The molecule has 24 heavy (non-hydrogen) atoms. The van der Waals surface area contributed by atoms with Gasteiger partial charge in [0.15, 0.2) is 11.6 Å². The van der Waals surface area contributed by atoms with E-state index in [9.17, 15) is 13.6 Å². The van der Waals surface area contributed by atoms with Gasteiger partial charge in [-0.05, 0) is 30.9 Å². The molecule has 4 atom stereocenters. The first-order chi connectivity index (χ1) is 11.2. The van der Waals surface area contributed by atoms with Gasteiger partial charge in [0, 0.05) is 6.07 Å². The van der Waals surface area contributed by atoms with E-state index in [-0.39, 0.29) is 17.6 Å². The van der Waals surface area contributed by atoms with Crippen molar-refractivity contribution in [2.75, 3.05) is 0 Å². The average molecular weight is 343 g/mol. The average Bonchev–Trinajstić information content (AvgIpc) is 2.53. The van der Waals surface area contributed by atoms with Gasteiger partial charge in [-0.15, -0.1) is 0 Å². The SMILES string of the molecule is CC[C@H](C)[C@H](N)C(=O)O[C@@H](C)[C@H](Oc1cc(F)ccc1F)C(C)C. The predicted molar refractivity (Wildman–Crippen MR) is 88.6 cm³/mol. The van der Waals surface area contributed by atoms with E-state index >= 15 is 0 Å². The summed E-state index contributed by atoms with van der Waals surface area (Å²) in [6.07, 6.45) is -0.534. The summed E-state index contributed by atoms with van der Waals surface area (Å²) in [7, 11) is 0. The standard InChI is InChI=1S/C18H27F2NO3/c1-6-11(4)16(21)18(22)23-12(5)17(10(2)3)24-15-9-13(19)7-8-14(15)20/h7-12,16-17H,6,21H2,1-5H3/t11-,12-,16-,17+/m0/s1. The van der Waals surface area contributed by atoms with Crippen LogP contribution in [0.2, 0.25) is 0 Å². The molecule has 136 valence electrons. The molecule has 0 saturated heterocycles. The van der Waals surface area contributed by atoms with E-state index in [0.717, 1.165) is 24.6 Å².